The molecule has 0 N–H and O–H groups in total. The van der Waals surface area contributed by atoms with Gasteiger partial charge in [-0.15, -0.1) is 10.2 Å². The SMILES string of the molecule is Cc1ccccc1-c1nnc(N(C)C2CC2)n1CC1CCOC1. The Bertz CT molecular complexity index is 686. The lowest BCUT2D eigenvalue weighted by Crippen LogP contribution is -2.25. The van der Waals surface area contributed by atoms with Crippen LogP contribution in [0.25, 0.3) is 11.4 Å². The highest BCUT2D eigenvalue weighted by atomic mass is 16.5. The van der Waals surface area contributed by atoms with Crippen LogP contribution in [0.3, 0.4) is 0 Å². The monoisotopic (exact) mass is 312 g/mol. The Morgan fingerprint density at radius 2 is 2.04 bits per heavy atom. The molecule has 0 radical (unpaired) electrons. The van der Waals surface area contributed by atoms with Crippen molar-refractivity contribution in [2.24, 2.45) is 5.92 Å². The van der Waals surface area contributed by atoms with Gasteiger partial charge in [-0.1, -0.05) is 24.3 Å². The van der Waals surface area contributed by atoms with Gasteiger partial charge in [-0.25, -0.2) is 0 Å². The van der Waals surface area contributed by atoms with Crippen molar-refractivity contribution in [1.82, 2.24) is 14.8 Å². The number of aromatic nitrogens is 3. The maximum atomic E-state index is 5.57. The molecule has 23 heavy (non-hydrogen) atoms. The highest BCUT2D eigenvalue weighted by molar-refractivity contribution is 5.62. The molecule has 1 unspecified atom stereocenters. The molecular formula is C18H24N4O. The Morgan fingerprint density at radius 1 is 1.22 bits per heavy atom. The van der Waals surface area contributed by atoms with Crippen LogP contribution in [-0.2, 0) is 11.3 Å². The molecule has 2 aromatic rings. The van der Waals surface area contributed by atoms with Gasteiger partial charge in [0.15, 0.2) is 5.82 Å². The normalized spacial score (nSPS) is 20.9. The molecule has 0 amide bonds. The fourth-order valence-electron chi connectivity index (χ4n) is 3.36. The van der Waals surface area contributed by atoms with Gasteiger partial charge < -0.3 is 9.64 Å². The second-order valence-corrected chi connectivity index (χ2v) is 6.82. The summed E-state index contributed by atoms with van der Waals surface area (Å²) in [6.07, 6.45) is 3.64. The molecule has 1 atom stereocenters. The summed E-state index contributed by atoms with van der Waals surface area (Å²) in [7, 11) is 2.14. The van der Waals surface area contributed by atoms with E-state index in [4.69, 9.17) is 4.74 Å². The molecule has 5 nitrogen and oxygen atoms in total. The van der Waals surface area contributed by atoms with E-state index in [-0.39, 0.29) is 0 Å². The van der Waals surface area contributed by atoms with Crippen molar-refractivity contribution in [3.8, 4) is 11.4 Å². The summed E-state index contributed by atoms with van der Waals surface area (Å²) in [6.45, 7) is 4.79. The van der Waals surface area contributed by atoms with E-state index in [0.29, 0.717) is 12.0 Å². The number of aryl methyl sites for hydroxylation is 1. The van der Waals surface area contributed by atoms with Crippen LogP contribution in [0.4, 0.5) is 5.95 Å². The number of hydrogen-bond acceptors (Lipinski definition) is 4. The molecule has 5 heteroatoms. The van der Waals surface area contributed by atoms with Crippen LogP contribution >= 0.6 is 0 Å². The number of anilines is 1. The summed E-state index contributed by atoms with van der Waals surface area (Å²) in [5.41, 5.74) is 2.42. The van der Waals surface area contributed by atoms with E-state index in [2.05, 4.69) is 57.9 Å². The summed E-state index contributed by atoms with van der Waals surface area (Å²) in [6, 6.07) is 9.05. The van der Waals surface area contributed by atoms with Gasteiger partial charge >= 0.3 is 0 Å². The molecule has 0 spiro atoms. The van der Waals surface area contributed by atoms with Crippen LogP contribution in [-0.4, -0.2) is 41.1 Å². The van der Waals surface area contributed by atoms with Crippen LogP contribution < -0.4 is 4.90 Å². The molecule has 4 rings (SSSR count). The lowest BCUT2D eigenvalue weighted by Gasteiger charge is -2.21. The fourth-order valence-corrected chi connectivity index (χ4v) is 3.36. The molecule has 1 aromatic heterocycles. The predicted octanol–water partition coefficient (Wildman–Crippen LogP) is 2.89. The van der Waals surface area contributed by atoms with E-state index in [1.165, 1.54) is 24.0 Å². The number of hydrogen-bond donors (Lipinski definition) is 0. The summed E-state index contributed by atoms with van der Waals surface area (Å²) in [4.78, 5) is 2.30. The molecule has 122 valence electrons. The van der Waals surface area contributed by atoms with Gasteiger partial charge in [0.05, 0.1) is 6.61 Å². The predicted molar refractivity (Wildman–Crippen MR) is 90.5 cm³/mol. The molecule has 1 aromatic carbocycles. The largest absolute Gasteiger partial charge is 0.381 e. The summed E-state index contributed by atoms with van der Waals surface area (Å²) in [5.74, 6) is 2.54. The van der Waals surface area contributed by atoms with Crippen LogP contribution in [0.5, 0.6) is 0 Å². The Hall–Kier alpha value is -1.88. The Balaban J connectivity index is 1.74. The van der Waals surface area contributed by atoms with Gasteiger partial charge in [0.25, 0.3) is 0 Å². The van der Waals surface area contributed by atoms with E-state index < -0.39 is 0 Å². The number of nitrogens with zero attached hydrogens (tertiary/aromatic N) is 4. The highest BCUT2D eigenvalue weighted by Gasteiger charge is 2.31. The maximum absolute atomic E-state index is 5.57. The first-order chi connectivity index (χ1) is 11.2. The van der Waals surface area contributed by atoms with Crippen molar-refractivity contribution in [1.29, 1.82) is 0 Å². The van der Waals surface area contributed by atoms with Gasteiger partial charge in [0, 0.05) is 37.7 Å². The molecule has 1 aliphatic heterocycles. The van der Waals surface area contributed by atoms with Crippen molar-refractivity contribution in [3.63, 3.8) is 0 Å². The quantitative estimate of drug-likeness (QED) is 0.851. The first-order valence-electron chi connectivity index (χ1n) is 8.54. The Kier molecular flexibility index (Phi) is 3.81. The van der Waals surface area contributed by atoms with Crippen molar-refractivity contribution >= 4 is 5.95 Å². The van der Waals surface area contributed by atoms with Gasteiger partial charge in [0.1, 0.15) is 0 Å². The van der Waals surface area contributed by atoms with E-state index in [1.807, 2.05) is 0 Å². The molecule has 2 heterocycles. The molecule has 2 aliphatic rings. The van der Waals surface area contributed by atoms with E-state index in [0.717, 1.165) is 38.0 Å². The molecule has 0 bridgehead atoms. The van der Waals surface area contributed by atoms with Crippen molar-refractivity contribution in [2.75, 3.05) is 25.2 Å². The number of rotatable bonds is 5. The smallest absolute Gasteiger partial charge is 0.227 e. The minimum atomic E-state index is 0.556. The average molecular weight is 312 g/mol. The van der Waals surface area contributed by atoms with Crippen LogP contribution in [0.15, 0.2) is 24.3 Å². The van der Waals surface area contributed by atoms with Crippen LogP contribution in [0, 0.1) is 12.8 Å². The zero-order valence-corrected chi connectivity index (χ0v) is 13.9. The third-order valence-corrected chi connectivity index (χ3v) is 4.99. The zero-order chi connectivity index (χ0) is 15.8. The average Bonchev–Trinajstić information content (AvgIpc) is 3.14. The first kappa shape index (κ1) is 14.7. The summed E-state index contributed by atoms with van der Waals surface area (Å²) >= 11 is 0. The fraction of sp³-hybridized carbons (Fsp3) is 0.556. The Labute approximate surface area is 137 Å². The molecule has 1 saturated carbocycles. The van der Waals surface area contributed by atoms with E-state index in [1.54, 1.807) is 0 Å². The number of ether oxygens (including phenoxy) is 1. The maximum Gasteiger partial charge on any atom is 0.227 e. The minimum absolute atomic E-state index is 0.556. The van der Waals surface area contributed by atoms with Crippen molar-refractivity contribution in [2.45, 2.75) is 38.8 Å². The molecule has 1 aliphatic carbocycles. The third kappa shape index (κ3) is 2.85. The summed E-state index contributed by atoms with van der Waals surface area (Å²) < 4.78 is 7.87. The number of benzene rings is 1. The van der Waals surface area contributed by atoms with Crippen molar-refractivity contribution < 1.29 is 4.74 Å². The van der Waals surface area contributed by atoms with E-state index >= 15 is 0 Å². The zero-order valence-electron chi connectivity index (χ0n) is 13.9. The van der Waals surface area contributed by atoms with Gasteiger partial charge in [-0.3, -0.25) is 4.57 Å². The molecule has 2 fully saturated rings. The van der Waals surface area contributed by atoms with Gasteiger partial charge in [0.2, 0.25) is 5.95 Å². The molecule has 1 saturated heterocycles. The third-order valence-electron chi connectivity index (χ3n) is 4.99. The first-order valence-corrected chi connectivity index (χ1v) is 8.54. The lowest BCUT2D eigenvalue weighted by atomic mass is 10.1. The van der Waals surface area contributed by atoms with Gasteiger partial charge in [-0.05, 0) is 31.7 Å². The standard InChI is InChI=1S/C18H24N4O/c1-13-5-3-4-6-16(13)17-19-20-18(21(2)15-7-8-15)22(17)11-14-9-10-23-12-14/h3-6,14-15H,7-12H2,1-2H3. The summed E-state index contributed by atoms with van der Waals surface area (Å²) in [5, 5.41) is 9.09. The van der Waals surface area contributed by atoms with Crippen LogP contribution in [0.1, 0.15) is 24.8 Å². The van der Waals surface area contributed by atoms with E-state index in [9.17, 15) is 0 Å². The lowest BCUT2D eigenvalue weighted by molar-refractivity contribution is 0.182. The molecular weight excluding hydrogens is 288 g/mol. The Morgan fingerprint density at radius 3 is 2.74 bits per heavy atom. The van der Waals surface area contributed by atoms with Gasteiger partial charge in [-0.2, -0.15) is 0 Å². The van der Waals surface area contributed by atoms with Crippen LogP contribution in [0.2, 0.25) is 0 Å². The minimum Gasteiger partial charge on any atom is -0.381 e. The highest BCUT2D eigenvalue weighted by Crippen LogP contribution is 2.33. The second-order valence-electron chi connectivity index (χ2n) is 6.82. The second kappa shape index (κ2) is 5.96. The van der Waals surface area contributed by atoms with Crippen molar-refractivity contribution in [3.05, 3.63) is 29.8 Å². The topological polar surface area (TPSA) is 43.2 Å².